The van der Waals surface area contributed by atoms with Crippen LogP contribution in [0.1, 0.15) is 23.1 Å². The first-order valence-electron chi connectivity index (χ1n) is 5.82. The van der Waals surface area contributed by atoms with Gasteiger partial charge in [0, 0.05) is 19.5 Å². The van der Waals surface area contributed by atoms with Crippen LogP contribution < -0.4 is 10.5 Å². The Bertz CT molecular complexity index is 583. The van der Waals surface area contributed by atoms with Gasteiger partial charge in [0.1, 0.15) is 6.33 Å². The zero-order valence-electron chi connectivity index (χ0n) is 11.1. The summed E-state index contributed by atoms with van der Waals surface area (Å²) >= 11 is 6.21. The van der Waals surface area contributed by atoms with Crippen LogP contribution in [0.15, 0.2) is 12.4 Å². The number of nitrogens with two attached hydrogens (primary N) is 1. The van der Waals surface area contributed by atoms with Gasteiger partial charge < -0.3 is 10.5 Å². The number of methoxy groups -OCH3 is 1. The molecule has 2 rings (SSSR count). The molecule has 0 saturated heterocycles. The predicted octanol–water partition coefficient (Wildman–Crippen LogP) is 1.42. The topological polar surface area (TPSA) is 78.9 Å². The third-order valence-electron chi connectivity index (χ3n) is 2.93. The molecular weight excluding hydrogens is 266 g/mol. The van der Waals surface area contributed by atoms with E-state index in [4.69, 9.17) is 22.1 Å². The second kappa shape index (κ2) is 5.54. The maximum atomic E-state index is 6.21. The maximum Gasteiger partial charge on any atom is 0.216 e. The lowest BCUT2D eigenvalue weighted by molar-refractivity contribution is 0.395. The van der Waals surface area contributed by atoms with E-state index in [2.05, 4.69) is 15.1 Å². The lowest BCUT2D eigenvalue weighted by Crippen LogP contribution is -2.17. The van der Waals surface area contributed by atoms with E-state index in [1.807, 2.05) is 14.0 Å². The van der Waals surface area contributed by atoms with E-state index >= 15 is 0 Å². The zero-order valence-corrected chi connectivity index (χ0v) is 11.8. The molecule has 2 N–H and O–H groups in total. The molecule has 7 heteroatoms. The Labute approximate surface area is 116 Å². The normalized spacial score (nSPS) is 12.5. The van der Waals surface area contributed by atoms with Crippen LogP contribution in [0.5, 0.6) is 5.88 Å². The molecule has 1 unspecified atom stereocenters. The van der Waals surface area contributed by atoms with E-state index in [9.17, 15) is 0 Å². The van der Waals surface area contributed by atoms with Crippen molar-refractivity contribution in [2.75, 3.05) is 7.11 Å². The fraction of sp³-hybridized carbons (Fsp3) is 0.417. The summed E-state index contributed by atoms with van der Waals surface area (Å²) in [5.41, 5.74) is 8.55. The van der Waals surface area contributed by atoms with Crippen molar-refractivity contribution in [2.45, 2.75) is 19.4 Å². The van der Waals surface area contributed by atoms with Crippen molar-refractivity contribution in [3.63, 3.8) is 0 Å². The molecule has 0 aliphatic rings. The van der Waals surface area contributed by atoms with E-state index < -0.39 is 0 Å². The number of nitrogens with zero attached hydrogens (tertiary/aromatic N) is 4. The Morgan fingerprint density at radius 3 is 2.79 bits per heavy atom. The molecule has 2 heterocycles. The summed E-state index contributed by atoms with van der Waals surface area (Å²) in [5.74, 6) is 0.493. The van der Waals surface area contributed by atoms with Crippen LogP contribution in [0.4, 0.5) is 0 Å². The Morgan fingerprint density at radius 1 is 1.47 bits per heavy atom. The van der Waals surface area contributed by atoms with Crippen molar-refractivity contribution < 1.29 is 4.74 Å². The highest BCUT2D eigenvalue weighted by Gasteiger charge is 2.17. The van der Waals surface area contributed by atoms with E-state index in [0.717, 1.165) is 11.4 Å². The summed E-state index contributed by atoms with van der Waals surface area (Å²) in [6.45, 7) is 1.87. The molecule has 0 fully saturated rings. The van der Waals surface area contributed by atoms with Crippen molar-refractivity contribution in [1.82, 2.24) is 19.7 Å². The molecule has 2 aromatic rings. The highest BCUT2D eigenvalue weighted by molar-refractivity contribution is 6.31. The molecule has 102 valence electrons. The molecule has 0 saturated carbocycles. The number of halogens is 1. The smallest absolute Gasteiger partial charge is 0.216 e. The molecule has 0 aliphatic heterocycles. The number of ether oxygens (including phenoxy) is 1. The van der Waals surface area contributed by atoms with Crippen LogP contribution in [0.25, 0.3) is 0 Å². The zero-order chi connectivity index (χ0) is 14.0. The molecular formula is C12H16ClN5O. The summed E-state index contributed by atoms with van der Waals surface area (Å²) in [7, 11) is 3.40. The van der Waals surface area contributed by atoms with Crippen molar-refractivity contribution in [3.8, 4) is 5.88 Å². The number of hydrogen-bond acceptors (Lipinski definition) is 5. The Hall–Kier alpha value is -1.66. The molecule has 0 spiro atoms. The van der Waals surface area contributed by atoms with Crippen LogP contribution in [0.3, 0.4) is 0 Å². The van der Waals surface area contributed by atoms with Gasteiger partial charge in [-0.05, 0) is 6.92 Å². The molecule has 19 heavy (non-hydrogen) atoms. The first-order chi connectivity index (χ1) is 9.02. The molecule has 6 nitrogen and oxygen atoms in total. The Kier molecular flexibility index (Phi) is 4.01. The Balaban J connectivity index is 2.22. The molecule has 0 amide bonds. The lowest BCUT2D eigenvalue weighted by Gasteiger charge is -2.12. The summed E-state index contributed by atoms with van der Waals surface area (Å²) in [5, 5.41) is 4.91. The van der Waals surface area contributed by atoms with Crippen LogP contribution in [-0.2, 0) is 13.5 Å². The van der Waals surface area contributed by atoms with E-state index in [1.165, 1.54) is 6.33 Å². The van der Waals surface area contributed by atoms with Gasteiger partial charge in [-0.3, -0.25) is 4.68 Å². The van der Waals surface area contributed by atoms with Gasteiger partial charge in [-0.1, -0.05) is 11.6 Å². The highest BCUT2D eigenvalue weighted by atomic mass is 35.5. The van der Waals surface area contributed by atoms with Crippen LogP contribution >= 0.6 is 11.6 Å². The van der Waals surface area contributed by atoms with E-state index in [-0.39, 0.29) is 6.04 Å². The van der Waals surface area contributed by atoms with Gasteiger partial charge in [-0.15, -0.1) is 0 Å². The highest BCUT2D eigenvalue weighted by Crippen LogP contribution is 2.24. The number of aryl methyl sites for hydroxylation is 2. The summed E-state index contributed by atoms with van der Waals surface area (Å²) in [6.07, 6.45) is 1.99. The summed E-state index contributed by atoms with van der Waals surface area (Å²) in [6, 6.07) is 1.44. The average Bonchev–Trinajstić information content (AvgIpc) is 2.65. The third kappa shape index (κ3) is 2.85. The predicted molar refractivity (Wildman–Crippen MR) is 72.2 cm³/mol. The van der Waals surface area contributed by atoms with Gasteiger partial charge in [-0.2, -0.15) is 5.10 Å². The standard InChI is InChI=1S/C12H16ClN5O/c1-7-12(13)10(18(2)17-7)4-8(14)9-5-11(19-3)16-6-15-9/h5-6,8H,4,14H2,1-3H3. The first kappa shape index (κ1) is 13.8. The van der Waals surface area contributed by atoms with Gasteiger partial charge >= 0.3 is 0 Å². The third-order valence-corrected chi connectivity index (χ3v) is 3.42. The molecule has 0 aromatic carbocycles. The fourth-order valence-corrected chi connectivity index (χ4v) is 2.12. The minimum atomic E-state index is -0.288. The number of hydrogen-bond donors (Lipinski definition) is 1. The SMILES string of the molecule is COc1cc(C(N)Cc2c(Cl)c(C)nn2C)ncn1. The lowest BCUT2D eigenvalue weighted by atomic mass is 10.1. The minimum Gasteiger partial charge on any atom is -0.481 e. The van der Waals surface area contributed by atoms with Crippen LogP contribution in [0, 0.1) is 6.92 Å². The molecule has 0 aliphatic carbocycles. The molecule has 0 radical (unpaired) electrons. The summed E-state index contributed by atoms with van der Waals surface area (Å²) < 4.78 is 6.80. The molecule has 1 atom stereocenters. The second-order valence-electron chi connectivity index (χ2n) is 4.27. The van der Waals surface area contributed by atoms with Crippen molar-refractivity contribution in [2.24, 2.45) is 12.8 Å². The summed E-state index contributed by atoms with van der Waals surface area (Å²) in [4.78, 5) is 8.11. The van der Waals surface area contributed by atoms with Gasteiger partial charge in [0.15, 0.2) is 0 Å². The van der Waals surface area contributed by atoms with E-state index in [1.54, 1.807) is 17.9 Å². The average molecular weight is 282 g/mol. The minimum absolute atomic E-state index is 0.288. The van der Waals surface area contributed by atoms with E-state index in [0.29, 0.717) is 23.0 Å². The fourth-order valence-electron chi connectivity index (χ4n) is 1.88. The number of aromatic nitrogens is 4. The van der Waals surface area contributed by atoms with Gasteiger partial charge in [0.2, 0.25) is 5.88 Å². The first-order valence-corrected chi connectivity index (χ1v) is 6.20. The molecule has 0 bridgehead atoms. The van der Waals surface area contributed by atoms with Crippen LogP contribution in [-0.4, -0.2) is 26.9 Å². The second-order valence-corrected chi connectivity index (χ2v) is 4.64. The van der Waals surface area contributed by atoms with Gasteiger partial charge in [0.25, 0.3) is 0 Å². The Morgan fingerprint density at radius 2 is 2.21 bits per heavy atom. The van der Waals surface area contributed by atoms with Crippen molar-refractivity contribution in [3.05, 3.63) is 34.5 Å². The monoisotopic (exact) mass is 281 g/mol. The molecule has 2 aromatic heterocycles. The number of rotatable bonds is 4. The van der Waals surface area contributed by atoms with Crippen LogP contribution in [0.2, 0.25) is 5.02 Å². The van der Waals surface area contributed by atoms with Gasteiger partial charge in [-0.25, -0.2) is 9.97 Å². The largest absolute Gasteiger partial charge is 0.481 e. The van der Waals surface area contributed by atoms with Crippen molar-refractivity contribution >= 4 is 11.6 Å². The van der Waals surface area contributed by atoms with Crippen molar-refractivity contribution in [1.29, 1.82) is 0 Å². The quantitative estimate of drug-likeness (QED) is 0.917. The van der Waals surface area contributed by atoms with Gasteiger partial charge in [0.05, 0.1) is 35.3 Å². The maximum absolute atomic E-state index is 6.21.